The van der Waals surface area contributed by atoms with Gasteiger partial charge in [0.2, 0.25) is 0 Å². The van der Waals surface area contributed by atoms with Crippen LogP contribution in [-0.2, 0) is 0 Å². The van der Waals surface area contributed by atoms with Gasteiger partial charge in [-0.15, -0.1) is 0 Å². The highest BCUT2D eigenvalue weighted by molar-refractivity contribution is 5.94. The molecule has 2 N–H and O–H groups in total. The van der Waals surface area contributed by atoms with Crippen molar-refractivity contribution in [3.05, 3.63) is 36.4 Å². The van der Waals surface area contributed by atoms with Crippen LogP contribution in [-0.4, -0.2) is 15.6 Å². The zero-order chi connectivity index (χ0) is 13.0. The molecule has 1 aromatic heterocycles. The summed E-state index contributed by atoms with van der Waals surface area (Å²) < 4.78 is 0. The van der Waals surface area contributed by atoms with Crippen LogP contribution < -0.4 is 10.6 Å². The fourth-order valence-corrected chi connectivity index (χ4v) is 2.58. The summed E-state index contributed by atoms with van der Waals surface area (Å²) >= 11 is 0. The van der Waals surface area contributed by atoms with Gasteiger partial charge in [0.05, 0.1) is 33.4 Å². The van der Waals surface area contributed by atoms with Crippen molar-refractivity contribution >= 4 is 33.4 Å². The van der Waals surface area contributed by atoms with Gasteiger partial charge in [-0.3, -0.25) is 0 Å². The highest BCUT2D eigenvalue weighted by atomic mass is 15.2. The number of benzene rings is 2. The molecule has 4 nitrogen and oxygen atoms in total. The van der Waals surface area contributed by atoms with Crippen molar-refractivity contribution in [1.82, 2.24) is 9.97 Å². The standard InChI is InChI=1S/C15H14N4/c1-15(2)18-13-7-11-12(8-14(13)19-15)17-10-6-4-3-5-9(10)16-11/h3-8,18-19H,1-2H3. The van der Waals surface area contributed by atoms with Gasteiger partial charge in [-0.1, -0.05) is 12.1 Å². The molecule has 0 saturated heterocycles. The summed E-state index contributed by atoms with van der Waals surface area (Å²) in [5, 5.41) is 6.87. The third-order valence-corrected chi connectivity index (χ3v) is 3.37. The summed E-state index contributed by atoms with van der Waals surface area (Å²) in [6.07, 6.45) is 0. The highest BCUT2D eigenvalue weighted by Crippen LogP contribution is 2.36. The molecule has 0 bridgehead atoms. The largest absolute Gasteiger partial charge is 0.362 e. The first-order valence-corrected chi connectivity index (χ1v) is 6.38. The second kappa shape index (κ2) is 3.35. The van der Waals surface area contributed by atoms with Gasteiger partial charge in [0.25, 0.3) is 0 Å². The van der Waals surface area contributed by atoms with E-state index in [-0.39, 0.29) is 5.66 Å². The van der Waals surface area contributed by atoms with Crippen molar-refractivity contribution in [1.29, 1.82) is 0 Å². The summed E-state index contributed by atoms with van der Waals surface area (Å²) in [6, 6.07) is 12.1. The molecule has 4 rings (SSSR count). The van der Waals surface area contributed by atoms with E-state index >= 15 is 0 Å². The van der Waals surface area contributed by atoms with Crippen molar-refractivity contribution in [2.75, 3.05) is 10.6 Å². The molecule has 2 heterocycles. The Morgan fingerprint density at radius 2 is 1.26 bits per heavy atom. The van der Waals surface area contributed by atoms with Crippen LogP contribution >= 0.6 is 0 Å². The van der Waals surface area contributed by atoms with E-state index in [1.807, 2.05) is 24.3 Å². The molecule has 2 aromatic carbocycles. The van der Waals surface area contributed by atoms with E-state index in [1.165, 1.54) is 0 Å². The zero-order valence-corrected chi connectivity index (χ0v) is 10.9. The topological polar surface area (TPSA) is 49.8 Å². The maximum atomic E-state index is 4.67. The minimum atomic E-state index is -0.126. The summed E-state index contributed by atoms with van der Waals surface area (Å²) in [7, 11) is 0. The van der Waals surface area contributed by atoms with Crippen LogP contribution in [0, 0.1) is 0 Å². The molecule has 0 amide bonds. The summed E-state index contributed by atoms with van der Waals surface area (Å²) in [5.74, 6) is 0. The maximum absolute atomic E-state index is 4.67. The lowest BCUT2D eigenvalue weighted by Crippen LogP contribution is -2.33. The molecule has 1 aliphatic heterocycles. The van der Waals surface area contributed by atoms with Gasteiger partial charge in [0, 0.05) is 0 Å². The molecule has 3 aromatic rings. The van der Waals surface area contributed by atoms with E-state index in [0.717, 1.165) is 33.4 Å². The Balaban J connectivity index is 2.01. The third kappa shape index (κ3) is 1.60. The molecule has 4 heteroatoms. The monoisotopic (exact) mass is 250 g/mol. The predicted octanol–water partition coefficient (Wildman–Crippen LogP) is 3.36. The second-order valence-electron chi connectivity index (χ2n) is 5.47. The van der Waals surface area contributed by atoms with Gasteiger partial charge in [-0.05, 0) is 38.1 Å². The van der Waals surface area contributed by atoms with E-state index in [0.29, 0.717) is 0 Å². The SMILES string of the molecule is CC1(C)Nc2cc3nc4ccccc4nc3cc2N1. The molecule has 0 atom stereocenters. The van der Waals surface area contributed by atoms with Crippen LogP contribution in [0.25, 0.3) is 22.1 Å². The Morgan fingerprint density at radius 3 is 1.74 bits per heavy atom. The second-order valence-corrected chi connectivity index (χ2v) is 5.47. The number of hydrogen-bond acceptors (Lipinski definition) is 4. The van der Waals surface area contributed by atoms with Crippen molar-refractivity contribution in [2.24, 2.45) is 0 Å². The van der Waals surface area contributed by atoms with Crippen molar-refractivity contribution in [3.8, 4) is 0 Å². The smallest absolute Gasteiger partial charge is 0.102 e. The number of rotatable bonds is 0. The fourth-order valence-electron chi connectivity index (χ4n) is 2.58. The Labute approximate surface area is 110 Å². The zero-order valence-electron chi connectivity index (χ0n) is 10.9. The first-order chi connectivity index (χ1) is 9.11. The van der Waals surface area contributed by atoms with Crippen LogP contribution in [0.4, 0.5) is 11.4 Å². The highest BCUT2D eigenvalue weighted by Gasteiger charge is 2.26. The molecule has 19 heavy (non-hydrogen) atoms. The molecule has 0 saturated carbocycles. The quantitative estimate of drug-likeness (QED) is 0.601. The van der Waals surface area contributed by atoms with Crippen LogP contribution in [0.3, 0.4) is 0 Å². The number of para-hydroxylation sites is 2. The molecular formula is C15H14N4. The molecule has 1 aliphatic rings. The van der Waals surface area contributed by atoms with Gasteiger partial charge < -0.3 is 10.6 Å². The van der Waals surface area contributed by atoms with Crippen molar-refractivity contribution < 1.29 is 0 Å². The number of nitrogens with zero attached hydrogens (tertiary/aromatic N) is 2. The van der Waals surface area contributed by atoms with Crippen LogP contribution in [0.15, 0.2) is 36.4 Å². The summed E-state index contributed by atoms with van der Waals surface area (Å²) in [5.41, 5.74) is 5.75. The summed E-state index contributed by atoms with van der Waals surface area (Å²) in [4.78, 5) is 9.35. The Morgan fingerprint density at radius 1 is 0.789 bits per heavy atom. The maximum Gasteiger partial charge on any atom is 0.102 e. The van der Waals surface area contributed by atoms with E-state index in [9.17, 15) is 0 Å². The van der Waals surface area contributed by atoms with Crippen LogP contribution in [0.1, 0.15) is 13.8 Å². The van der Waals surface area contributed by atoms with Gasteiger partial charge in [-0.25, -0.2) is 9.97 Å². The average molecular weight is 250 g/mol. The van der Waals surface area contributed by atoms with E-state index in [2.05, 4.69) is 46.6 Å². The Bertz CT molecular complexity index is 742. The van der Waals surface area contributed by atoms with Crippen molar-refractivity contribution in [2.45, 2.75) is 19.5 Å². The molecule has 0 aliphatic carbocycles. The first-order valence-electron chi connectivity index (χ1n) is 6.38. The molecule has 94 valence electrons. The molecular weight excluding hydrogens is 236 g/mol. The summed E-state index contributed by atoms with van der Waals surface area (Å²) in [6.45, 7) is 4.21. The fraction of sp³-hybridized carbons (Fsp3) is 0.200. The normalized spacial score (nSPS) is 16.1. The van der Waals surface area contributed by atoms with E-state index in [4.69, 9.17) is 0 Å². The first kappa shape index (κ1) is 10.6. The Kier molecular flexibility index (Phi) is 1.86. The van der Waals surface area contributed by atoms with Gasteiger partial charge in [-0.2, -0.15) is 0 Å². The van der Waals surface area contributed by atoms with Gasteiger partial charge in [0.15, 0.2) is 0 Å². The minimum Gasteiger partial charge on any atom is -0.362 e. The number of fused-ring (bicyclic) bond motifs is 3. The number of anilines is 2. The lowest BCUT2D eigenvalue weighted by Gasteiger charge is -2.19. The van der Waals surface area contributed by atoms with Crippen LogP contribution in [0.5, 0.6) is 0 Å². The molecule has 0 unspecified atom stereocenters. The van der Waals surface area contributed by atoms with Gasteiger partial charge >= 0.3 is 0 Å². The average Bonchev–Trinajstić information content (AvgIpc) is 2.66. The third-order valence-electron chi connectivity index (χ3n) is 3.37. The number of hydrogen-bond donors (Lipinski definition) is 2. The molecule has 0 spiro atoms. The number of nitrogens with one attached hydrogen (secondary N) is 2. The van der Waals surface area contributed by atoms with E-state index < -0.39 is 0 Å². The lowest BCUT2D eigenvalue weighted by atomic mass is 10.2. The molecule has 0 fully saturated rings. The lowest BCUT2D eigenvalue weighted by molar-refractivity contribution is 0.675. The molecule has 0 radical (unpaired) electrons. The Hall–Kier alpha value is -2.36. The van der Waals surface area contributed by atoms with Gasteiger partial charge in [0.1, 0.15) is 5.66 Å². The van der Waals surface area contributed by atoms with Crippen LogP contribution in [0.2, 0.25) is 0 Å². The van der Waals surface area contributed by atoms with Crippen molar-refractivity contribution in [3.63, 3.8) is 0 Å². The number of aromatic nitrogens is 2. The minimum absolute atomic E-state index is 0.126. The predicted molar refractivity (Wildman–Crippen MR) is 78.4 cm³/mol. The van der Waals surface area contributed by atoms with E-state index in [1.54, 1.807) is 0 Å².